The van der Waals surface area contributed by atoms with E-state index in [0.29, 0.717) is 17.0 Å². The Hall–Kier alpha value is -2.08. The van der Waals surface area contributed by atoms with Crippen LogP contribution in [0.25, 0.3) is 0 Å². The Balaban J connectivity index is 2.26. The van der Waals surface area contributed by atoms with Crippen LogP contribution in [0.15, 0.2) is 18.2 Å². The molecule has 2 N–H and O–H groups in total. The quantitative estimate of drug-likeness (QED) is 0.791. The molecule has 1 aromatic carbocycles. The Morgan fingerprint density at radius 1 is 1.56 bits per heavy atom. The Bertz CT molecular complexity index is 499. The van der Waals surface area contributed by atoms with Crippen molar-refractivity contribution in [3.05, 3.63) is 23.8 Å². The lowest BCUT2D eigenvalue weighted by atomic mass is 10.1. The maximum absolute atomic E-state index is 11.5. The molecule has 0 aliphatic carbocycles. The van der Waals surface area contributed by atoms with E-state index in [-0.39, 0.29) is 18.9 Å². The Labute approximate surface area is 103 Å². The summed E-state index contributed by atoms with van der Waals surface area (Å²) >= 11 is 0. The molecule has 0 aromatic heterocycles. The lowest BCUT2D eigenvalue weighted by molar-refractivity contribution is -0.146. The molecule has 1 aromatic rings. The van der Waals surface area contributed by atoms with Gasteiger partial charge in [-0.25, -0.2) is 4.79 Å². The number of likely N-dealkylation sites (N-methyl/N-ethyl adjacent to an activating group) is 1. The van der Waals surface area contributed by atoms with Crippen LogP contribution in [0.1, 0.15) is 5.56 Å². The van der Waals surface area contributed by atoms with E-state index in [9.17, 15) is 14.7 Å². The molecule has 0 spiro atoms. The summed E-state index contributed by atoms with van der Waals surface area (Å²) in [5.41, 5.74) is 1.22. The molecule has 0 radical (unpaired) electrons. The molecular formula is C12H13NO5. The van der Waals surface area contributed by atoms with Crippen LogP contribution in [-0.4, -0.2) is 41.8 Å². The van der Waals surface area contributed by atoms with Gasteiger partial charge in [0.2, 0.25) is 0 Å². The molecule has 96 valence electrons. The van der Waals surface area contributed by atoms with Crippen molar-refractivity contribution in [2.75, 3.05) is 18.6 Å². The predicted molar refractivity (Wildman–Crippen MR) is 62.7 cm³/mol. The van der Waals surface area contributed by atoms with Crippen LogP contribution in [0.5, 0.6) is 5.75 Å². The standard InChI is InChI=1S/C12H13NO5/c1-13-8-4-7(5-9(14)12(16)17)2-3-10(8)18-6-11(13)15/h2-4,9,14H,5-6H2,1H3,(H,16,17). The van der Waals surface area contributed by atoms with Crippen LogP contribution in [0, 0.1) is 0 Å². The molecule has 1 heterocycles. The van der Waals surface area contributed by atoms with Gasteiger partial charge in [-0.2, -0.15) is 0 Å². The Morgan fingerprint density at radius 2 is 2.28 bits per heavy atom. The number of rotatable bonds is 3. The highest BCUT2D eigenvalue weighted by Gasteiger charge is 2.23. The van der Waals surface area contributed by atoms with Crippen molar-refractivity contribution in [1.82, 2.24) is 0 Å². The van der Waals surface area contributed by atoms with Crippen molar-refractivity contribution in [1.29, 1.82) is 0 Å². The summed E-state index contributed by atoms with van der Waals surface area (Å²) in [6.45, 7) is 0.000593. The van der Waals surface area contributed by atoms with Gasteiger partial charge in [-0.05, 0) is 17.7 Å². The first-order valence-corrected chi connectivity index (χ1v) is 5.42. The number of benzene rings is 1. The van der Waals surface area contributed by atoms with E-state index in [2.05, 4.69) is 0 Å². The van der Waals surface area contributed by atoms with Gasteiger partial charge in [-0.3, -0.25) is 4.79 Å². The average Bonchev–Trinajstić information content (AvgIpc) is 2.34. The number of carboxylic acid groups (broad SMARTS) is 1. The van der Waals surface area contributed by atoms with Crippen molar-refractivity contribution in [2.24, 2.45) is 0 Å². The molecule has 1 unspecified atom stereocenters. The second-order valence-corrected chi connectivity index (χ2v) is 4.10. The number of aliphatic hydroxyl groups is 1. The Morgan fingerprint density at radius 3 is 2.94 bits per heavy atom. The molecule has 1 aliphatic rings. The van der Waals surface area contributed by atoms with Gasteiger partial charge in [0.05, 0.1) is 5.69 Å². The molecule has 1 atom stereocenters. The van der Waals surface area contributed by atoms with Gasteiger partial charge < -0.3 is 19.8 Å². The van der Waals surface area contributed by atoms with E-state index in [0.717, 1.165) is 0 Å². The maximum atomic E-state index is 11.5. The number of hydrogen-bond donors (Lipinski definition) is 2. The summed E-state index contributed by atoms with van der Waals surface area (Å²) in [7, 11) is 1.63. The van der Waals surface area contributed by atoms with E-state index >= 15 is 0 Å². The molecule has 0 saturated heterocycles. The van der Waals surface area contributed by atoms with Crippen molar-refractivity contribution in [2.45, 2.75) is 12.5 Å². The maximum Gasteiger partial charge on any atom is 0.332 e. The van der Waals surface area contributed by atoms with E-state index in [1.54, 1.807) is 25.2 Å². The number of carboxylic acids is 1. The van der Waals surface area contributed by atoms with Crippen LogP contribution in [-0.2, 0) is 16.0 Å². The number of fused-ring (bicyclic) bond motifs is 1. The summed E-state index contributed by atoms with van der Waals surface area (Å²) < 4.78 is 5.24. The first kappa shape index (κ1) is 12.4. The van der Waals surface area contributed by atoms with Crippen molar-refractivity contribution in [3.63, 3.8) is 0 Å². The van der Waals surface area contributed by atoms with Gasteiger partial charge in [0, 0.05) is 13.5 Å². The smallest absolute Gasteiger partial charge is 0.332 e. The minimum absolute atomic E-state index is 0.000593. The molecular weight excluding hydrogens is 238 g/mol. The zero-order valence-corrected chi connectivity index (χ0v) is 9.79. The van der Waals surface area contributed by atoms with Crippen LogP contribution in [0.2, 0.25) is 0 Å². The highest BCUT2D eigenvalue weighted by molar-refractivity contribution is 5.97. The third-order valence-corrected chi connectivity index (χ3v) is 2.82. The normalized spacial score (nSPS) is 15.9. The van der Waals surface area contributed by atoms with Gasteiger partial charge >= 0.3 is 5.97 Å². The van der Waals surface area contributed by atoms with E-state index in [4.69, 9.17) is 9.84 Å². The van der Waals surface area contributed by atoms with E-state index < -0.39 is 12.1 Å². The lowest BCUT2D eigenvalue weighted by Crippen LogP contribution is -2.35. The first-order valence-electron chi connectivity index (χ1n) is 5.42. The highest BCUT2D eigenvalue weighted by atomic mass is 16.5. The van der Waals surface area contributed by atoms with E-state index in [1.165, 1.54) is 4.90 Å². The molecule has 18 heavy (non-hydrogen) atoms. The first-order chi connectivity index (χ1) is 8.49. The van der Waals surface area contributed by atoms with Crippen molar-refractivity contribution >= 4 is 17.6 Å². The third-order valence-electron chi connectivity index (χ3n) is 2.82. The van der Waals surface area contributed by atoms with Gasteiger partial charge in [0.15, 0.2) is 12.7 Å². The zero-order valence-electron chi connectivity index (χ0n) is 9.79. The number of anilines is 1. The van der Waals surface area contributed by atoms with Crippen LogP contribution in [0.4, 0.5) is 5.69 Å². The Kier molecular flexibility index (Phi) is 3.20. The largest absolute Gasteiger partial charge is 0.482 e. The number of aliphatic carboxylic acids is 1. The number of ether oxygens (including phenoxy) is 1. The number of aliphatic hydroxyl groups excluding tert-OH is 1. The minimum atomic E-state index is -1.45. The molecule has 1 amide bonds. The van der Waals surface area contributed by atoms with Crippen LogP contribution >= 0.6 is 0 Å². The number of nitrogens with zero attached hydrogens (tertiary/aromatic N) is 1. The number of hydrogen-bond acceptors (Lipinski definition) is 4. The molecule has 2 rings (SSSR count). The van der Waals surface area contributed by atoms with E-state index in [1.807, 2.05) is 0 Å². The van der Waals surface area contributed by atoms with Crippen LogP contribution in [0.3, 0.4) is 0 Å². The number of carbonyl (C=O) groups excluding carboxylic acids is 1. The van der Waals surface area contributed by atoms with Crippen molar-refractivity contribution < 1.29 is 24.5 Å². The van der Waals surface area contributed by atoms with Crippen molar-refractivity contribution in [3.8, 4) is 5.75 Å². The lowest BCUT2D eigenvalue weighted by Gasteiger charge is -2.26. The van der Waals surface area contributed by atoms with Crippen LogP contribution < -0.4 is 9.64 Å². The fourth-order valence-electron chi connectivity index (χ4n) is 1.76. The summed E-state index contributed by atoms with van der Waals surface area (Å²) in [5.74, 6) is -0.863. The molecule has 0 saturated carbocycles. The summed E-state index contributed by atoms with van der Waals surface area (Å²) in [5, 5.41) is 17.9. The second kappa shape index (κ2) is 4.66. The molecule has 0 fully saturated rings. The predicted octanol–water partition coefficient (Wildman–Crippen LogP) is 0.0298. The molecule has 1 aliphatic heterocycles. The highest BCUT2D eigenvalue weighted by Crippen LogP contribution is 2.32. The molecule has 6 nitrogen and oxygen atoms in total. The van der Waals surface area contributed by atoms with Gasteiger partial charge in [0.1, 0.15) is 5.75 Å². The average molecular weight is 251 g/mol. The topological polar surface area (TPSA) is 87.1 Å². The summed E-state index contributed by atoms with van der Waals surface area (Å²) in [6.07, 6.45) is -1.46. The number of amides is 1. The zero-order chi connectivity index (χ0) is 13.3. The summed E-state index contributed by atoms with van der Waals surface area (Å²) in [6, 6.07) is 5.00. The minimum Gasteiger partial charge on any atom is -0.482 e. The monoisotopic (exact) mass is 251 g/mol. The van der Waals surface area contributed by atoms with Gasteiger partial charge in [-0.1, -0.05) is 6.07 Å². The third kappa shape index (κ3) is 2.28. The van der Waals surface area contributed by atoms with Gasteiger partial charge in [0.25, 0.3) is 5.91 Å². The van der Waals surface area contributed by atoms with Gasteiger partial charge in [-0.15, -0.1) is 0 Å². The molecule has 6 heteroatoms. The number of carbonyl (C=O) groups is 2. The molecule has 0 bridgehead atoms. The second-order valence-electron chi connectivity index (χ2n) is 4.10. The SMILES string of the molecule is CN1C(=O)COc2ccc(CC(O)C(=O)O)cc21. The fourth-order valence-corrected chi connectivity index (χ4v) is 1.76. The summed E-state index contributed by atoms with van der Waals surface area (Å²) in [4.78, 5) is 23.5. The fraction of sp³-hybridized carbons (Fsp3) is 0.333.